The van der Waals surface area contributed by atoms with Gasteiger partial charge >= 0.3 is 0 Å². The molecule has 2 fully saturated rings. The third kappa shape index (κ3) is 3.69. The molecule has 1 saturated carbocycles. The molecule has 2 aliphatic rings. The largest absolute Gasteiger partial charge is 0.496 e. The third-order valence-electron chi connectivity index (χ3n) is 4.16. The lowest BCUT2D eigenvalue weighted by molar-refractivity contribution is -0.134. The molecule has 1 aromatic carbocycles. The summed E-state index contributed by atoms with van der Waals surface area (Å²) >= 11 is 0. The summed E-state index contributed by atoms with van der Waals surface area (Å²) in [6.07, 6.45) is 4.33. The normalized spacial score (nSPS) is 20.7. The van der Waals surface area contributed by atoms with Gasteiger partial charge in [0, 0.05) is 18.2 Å². The fraction of sp³-hybridized carbons (Fsp3) is 0.562. The van der Waals surface area contributed by atoms with Crippen molar-refractivity contribution in [2.45, 2.75) is 44.3 Å². The van der Waals surface area contributed by atoms with Gasteiger partial charge in [-0.1, -0.05) is 18.2 Å². The lowest BCUT2D eigenvalue weighted by atomic mass is 10.1. The van der Waals surface area contributed by atoms with Crippen LogP contribution in [0.1, 0.15) is 31.2 Å². The first kappa shape index (κ1) is 16.1. The van der Waals surface area contributed by atoms with Gasteiger partial charge < -0.3 is 15.0 Å². The van der Waals surface area contributed by atoms with Crippen LogP contribution in [-0.2, 0) is 11.3 Å². The van der Waals surface area contributed by atoms with Crippen LogP contribution in [-0.4, -0.2) is 36.5 Å². The molecular formula is C16H23ClN2O2. The van der Waals surface area contributed by atoms with E-state index in [1.54, 1.807) is 7.11 Å². The van der Waals surface area contributed by atoms with Crippen LogP contribution in [0.25, 0.3) is 0 Å². The molecule has 21 heavy (non-hydrogen) atoms. The SMILES string of the molecule is COc1ccccc1CN(C(=O)[C@@H]1CCCN1)C1CC1.Cl. The highest BCUT2D eigenvalue weighted by Gasteiger charge is 2.36. The van der Waals surface area contributed by atoms with E-state index < -0.39 is 0 Å². The second kappa shape index (κ2) is 7.14. The maximum atomic E-state index is 12.7. The number of amides is 1. The number of carbonyl (C=O) groups excluding carboxylic acids is 1. The van der Waals surface area contributed by atoms with Gasteiger partial charge in [-0.15, -0.1) is 12.4 Å². The van der Waals surface area contributed by atoms with Crippen molar-refractivity contribution in [3.8, 4) is 5.75 Å². The van der Waals surface area contributed by atoms with Gasteiger partial charge in [0.15, 0.2) is 0 Å². The average molecular weight is 311 g/mol. The fourth-order valence-electron chi connectivity index (χ4n) is 2.89. The Balaban J connectivity index is 0.00000161. The van der Waals surface area contributed by atoms with Crippen molar-refractivity contribution in [1.82, 2.24) is 10.2 Å². The second-order valence-corrected chi connectivity index (χ2v) is 5.66. The highest BCUT2D eigenvalue weighted by Crippen LogP contribution is 2.31. The van der Waals surface area contributed by atoms with Crippen molar-refractivity contribution in [3.05, 3.63) is 29.8 Å². The van der Waals surface area contributed by atoms with Crippen LogP contribution >= 0.6 is 12.4 Å². The molecule has 0 spiro atoms. The van der Waals surface area contributed by atoms with Crippen LogP contribution in [0.4, 0.5) is 0 Å². The summed E-state index contributed by atoms with van der Waals surface area (Å²) in [6, 6.07) is 8.41. The minimum absolute atomic E-state index is 0. The minimum atomic E-state index is 0. The van der Waals surface area contributed by atoms with Crippen LogP contribution in [0.3, 0.4) is 0 Å². The molecule has 1 amide bonds. The number of para-hydroxylation sites is 1. The Morgan fingerprint density at radius 3 is 2.71 bits per heavy atom. The Morgan fingerprint density at radius 1 is 1.33 bits per heavy atom. The average Bonchev–Trinajstić information content (AvgIpc) is 3.17. The van der Waals surface area contributed by atoms with Gasteiger partial charge in [-0.2, -0.15) is 0 Å². The molecule has 1 aliphatic carbocycles. The summed E-state index contributed by atoms with van der Waals surface area (Å²) in [7, 11) is 1.68. The topological polar surface area (TPSA) is 41.6 Å². The number of hydrogen-bond acceptors (Lipinski definition) is 3. The summed E-state index contributed by atoms with van der Waals surface area (Å²) < 4.78 is 5.40. The third-order valence-corrected chi connectivity index (χ3v) is 4.16. The van der Waals surface area contributed by atoms with Crippen molar-refractivity contribution in [2.75, 3.05) is 13.7 Å². The molecule has 0 aromatic heterocycles. The van der Waals surface area contributed by atoms with Gasteiger partial charge in [-0.3, -0.25) is 4.79 Å². The van der Waals surface area contributed by atoms with E-state index in [0.29, 0.717) is 12.6 Å². The Labute approximate surface area is 132 Å². The van der Waals surface area contributed by atoms with Crippen LogP contribution in [0.5, 0.6) is 5.75 Å². The molecule has 3 rings (SSSR count). The summed E-state index contributed by atoms with van der Waals surface area (Å²) in [5.41, 5.74) is 1.09. The van der Waals surface area contributed by atoms with Gasteiger partial charge in [0.1, 0.15) is 5.75 Å². The molecule has 0 radical (unpaired) electrons. The molecule has 1 saturated heterocycles. The molecule has 0 bridgehead atoms. The van der Waals surface area contributed by atoms with Gasteiger partial charge in [-0.05, 0) is 38.3 Å². The number of ether oxygens (including phenoxy) is 1. The van der Waals surface area contributed by atoms with E-state index in [9.17, 15) is 4.79 Å². The van der Waals surface area contributed by atoms with E-state index in [1.165, 1.54) is 0 Å². The summed E-state index contributed by atoms with van der Waals surface area (Å²) in [5, 5.41) is 3.31. The van der Waals surface area contributed by atoms with Gasteiger partial charge in [0.25, 0.3) is 0 Å². The Hall–Kier alpha value is -1.26. The molecular weight excluding hydrogens is 288 g/mol. The number of nitrogens with zero attached hydrogens (tertiary/aromatic N) is 1. The van der Waals surface area contributed by atoms with Gasteiger partial charge in [0.2, 0.25) is 5.91 Å². The molecule has 1 heterocycles. The second-order valence-electron chi connectivity index (χ2n) is 5.66. The van der Waals surface area contributed by atoms with E-state index >= 15 is 0 Å². The molecule has 5 heteroatoms. The van der Waals surface area contributed by atoms with E-state index in [0.717, 1.165) is 43.5 Å². The number of methoxy groups -OCH3 is 1. The maximum absolute atomic E-state index is 12.7. The Bertz CT molecular complexity index is 485. The van der Waals surface area contributed by atoms with Gasteiger partial charge in [-0.25, -0.2) is 0 Å². The molecule has 1 aromatic rings. The lowest BCUT2D eigenvalue weighted by Crippen LogP contribution is -2.44. The predicted molar refractivity (Wildman–Crippen MR) is 84.8 cm³/mol. The van der Waals surface area contributed by atoms with E-state index in [4.69, 9.17) is 4.74 Å². The lowest BCUT2D eigenvalue weighted by Gasteiger charge is -2.26. The molecule has 0 unspecified atom stereocenters. The number of rotatable bonds is 5. The number of halogens is 1. The Morgan fingerprint density at radius 2 is 2.10 bits per heavy atom. The minimum Gasteiger partial charge on any atom is -0.496 e. The quantitative estimate of drug-likeness (QED) is 0.908. The monoisotopic (exact) mass is 310 g/mol. The highest BCUT2D eigenvalue weighted by atomic mass is 35.5. The zero-order chi connectivity index (χ0) is 13.9. The van der Waals surface area contributed by atoms with Crippen LogP contribution in [0, 0.1) is 0 Å². The van der Waals surface area contributed by atoms with Crippen molar-refractivity contribution in [3.63, 3.8) is 0 Å². The van der Waals surface area contributed by atoms with E-state index in [-0.39, 0.29) is 24.4 Å². The Kier molecular flexibility index (Phi) is 5.48. The number of benzene rings is 1. The standard InChI is InChI=1S/C16H22N2O2.ClH/c1-20-15-7-3-2-5-12(15)11-18(13-8-9-13)16(19)14-6-4-10-17-14;/h2-3,5,7,13-14,17H,4,6,8-11H2,1H3;1H/t14-;/m0./s1. The number of nitrogens with one attached hydrogen (secondary N) is 1. The van der Waals surface area contributed by atoms with Crippen LogP contribution in [0.15, 0.2) is 24.3 Å². The summed E-state index contributed by atoms with van der Waals surface area (Å²) in [4.78, 5) is 14.7. The molecule has 4 nitrogen and oxygen atoms in total. The molecule has 1 aliphatic heterocycles. The molecule has 116 valence electrons. The van der Waals surface area contributed by atoms with Gasteiger partial charge in [0.05, 0.1) is 13.2 Å². The predicted octanol–water partition coefficient (Wildman–Crippen LogP) is 2.36. The van der Waals surface area contributed by atoms with Crippen molar-refractivity contribution < 1.29 is 9.53 Å². The first-order valence-corrected chi connectivity index (χ1v) is 7.45. The summed E-state index contributed by atoms with van der Waals surface area (Å²) in [5.74, 6) is 1.13. The fourth-order valence-corrected chi connectivity index (χ4v) is 2.89. The molecule has 1 atom stereocenters. The smallest absolute Gasteiger partial charge is 0.240 e. The zero-order valence-corrected chi connectivity index (χ0v) is 13.2. The number of carbonyl (C=O) groups is 1. The van der Waals surface area contributed by atoms with E-state index in [2.05, 4.69) is 5.32 Å². The van der Waals surface area contributed by atoms with Crippen molar-refractivity contribution >= 4 is 18.3 Å². The highest BCUT2D eigenvalue weighted by molar-refractivity contribution is 5.85. The van der Waals surface area contributed by atoms with Crippen LogP contribution in [0.2, 0.25) is 0 Å². The van der Waals surface area contributed by atoms with Crippen LogP contribution < -0.4 is 10.1 Å². The first-order valence-electron chi connectivity index (χ1n) is 7.45. The first-order chi connectivity index (χ1) is 9.79. The zero-order valence-electron chi connectivity index (χ0n) is 12.4. The number of hydrogen-bond donors (Lipinski definition) is 1. The summed E-state index contributed by atoms with van der Waals surface area (Å²) in [6.45, 7) is 1.62. The van der Waals surface area contributed by atoms with E-state index in [1.807, 2.05) is 29.2 Å². The van der Waals surface area contributed by atoms with Crippen molar-refractivity contribution in [1.29, 1.82) is 0 Å². The molecule has 1 N–H and O–H groups in total. The van der Waals surface area contributed by atoms with Crippen molar-refractivity contribution in [2.24, 2.45) is 0 Å². The maximum Gasteiger partial charge on any atom is 0.240 e.